The predicted octanol–water partition coefficient (Wildman–Crippen LogP) is 4.82. The van der Waals surface area contributed by atoms with Crippen LogP contribution < -0.4 is 10.6 Å². The van der Waals surface area contributed by atoms with Crippen LogP contribution in [0.3, 0.4) is 0 Å². The molecule has 31 heavy (non-hydrogen) atoms. The van der Waals surface area contributed by atoms with Crippen LogP contribution in [0.1, 0.15) is 35.4 Å². The van der Waals surface area contributed by atoms with Gasteiger partial charge >= 0.3 is 0 Å². The summed E-state index contributed by atoms with van der Waals surface area (Å²) in [4.78, 5) is 7.42. The number of aryl methyl sites for hydroxylation is 1. The second-order valence-corrected chi connectivity index (χ2v) is 7.79. The first-order valence-corrected chi connectivity index (χ1v) is 10.5. The van der Waals surface area contributed by atoms with E-state index in [1.165, 1.54) is 5.56 Å². The molecule has 2 aromatic heterocycles. The fourth-order valence-electron chi connectivity index (χ4n) is 3.87. The number of fused-ring (bicyclic) bond motifs is 1. The molecule has 0 saturated carbocycles. The number of nitrogens with zero attached hydrogens (tertiary/aromatic N) is 1. The van der Waals surface area contributed by atoms with Gasteiger partial charge in [-0.05, 0) is 61.7 Å². The van der Waals surface area contributed by atoms with Crippen LogP contribution in [0.4, 0.5) is 17.1 Å². The van der Waals surface area contributed by atoms with Gasteiger partial charge in [-0.25, -0.2) is 0 Å². The van der Waals surface area contributed by atoms with Crippen LogP contribution in [0, 0.1) is 6.92 Å². The summed E-state index contributed by atoms with van der Waals surface area (Å²) < 4.78 is 0. The molecule has 0 amide bonds. The fourth-order valence-corrected chi connectivity index (χ4v) is 3.87. The van der Waals surface area contributed by atoms with Gasteiger partial charge in [0, 0.05) is 47.0 Å². The molecule has 4 aromatic rings. The first-order chi connectivity index (χ1) is 15.0. The first kappa shape index (κ1) is 20.9. The first-order valence-electron chi connectivity index (χ1n) is 10.5. The molecule has 0 aliphatic carbocycles. The molecule has 0 fully saturated rings. The number of aliphatic hydroxyl groups excluding tert-OH is 2. The molecule has 0 aliphatic heterocycles. The summed E-state index contributed by atoms with van der Waals surface area (Å²) in [5.41, 5.74) is 7.94. The highest BCUT2D eigenvalue weighted by Crippen LogP contribution is 2.27. The maximum Gasteiger partial charge on any atom is 0.0853 e. The lowest BCUT2D eigenvalue weighted by atomic mass is 10.0. The smallest absolute Gasteiger partial charge is 0.0853 e. The van der Waals surface area contributed by atoms with E-state index < -0.39 is 6.10 Å². The van der Waals surface area contributed by atoms with Crippen molar-refractivity contribution in [1.82, 2.24) is 9.97 Å². The Morgan fingerprint density at radius 2 is 1.94 bits per heavy atom. The van der Waals surface area contributed by atoms with Crippen LogP contribution in [0.2, 0.25) is 0 Å². The molecule has 0 spiro atoms. The Kier molecular flexibility index (Phi) is 6.21. The van der Waals surface area contributed by atoms with Gasteiger partial charge in [-0.2, -0.15) is 0 Å². The number of rotatable bonds is 8. The molecule has 4 rings (SSSR count). The van der Waals surface area contributed by atoms with Crippen molar-refractivity contribution in [2.24, 2.45) is 0 Å². The second-order valence-electron chi connectivity index (χ2n) is 7.79. The summed E-state index contributed by atoms with van der Waals surface area (Å²) in [5, 5.41) is 27.3. The van der Waals surface area contributed by atoms with Crippen molar-refractivity contribution in [2.75, 3.05) is 17.2 Å². The van der Waals surface area contributed by atoms with E-state index in [1.807, 2.05) is 36.5 Å². The average Bonchev–Trinajstić information content (AvgIpc) is 3.18. The number of aromatic nitrogens is 2. The Morgan fingerprint density at radius 1 is 1.10 bits per heavy atom. The van der Waals surface area contributed by atoms with Gasteiger partial charge in [0.25, 0.3) is 0 Å². The highest BCUT2D eigenvalue weighted by molar-refractivity contribution is 5.86. The predicted molar refractivity (Wildman–Crippen MR) is 126 cm³/mol. The van der Waals surface area contributed by atoms with E-state index in [-0.39, 0.29) is 6.61 Å². The molecule has 0 aliphatic rings. The standard InChI is InChI=1S/C25H28N4O2/c1-16-12-19(29-20-9-11-26-21(13-20)15-30)6-7-24(16)27-10-8-18-14-28-25-22(17(2)31)4-3-5-23(18)25/h3-7,9,11-14,17,27-28,30-31H,8,10,15H2,1-2H3,(H,26,29). The van der Waals surface area contributed by atoms with E-state index >= 15 is 0 Å². The van der Waals surface area contributed by atoms with E-state index in [0.29, 0.717) is 5.69 Å². The lowest BCUT2D eigenvalue weighted by Gasteiger charge is -2.13. The number of pyridine rings is 1. The Bertz CT molecular complexity index is 1180. The lowest BCUT2D eigenvalue weighted by Crippen LogP contribution is -2.06. The molecule has 1 unspecified atom stereocenters. The van der Waals surface area contributed by atoms with Gasteiger partial charge in [0.1, 0.15) is 0 Å². The van der Waals surface area contributed by atoms with Crippen molar-refractivity contribution < 1.29 is 10.2 Å². The Hall–Kier alpha value is -3.35. The van der Waals surface area contributed by atoms with Crippen molar-refractivity contribution in [2.45, 2.75) is 33.0 Å². The molecule has 160 valence electrons. The zero-order chi connectivity index (χ0) is 21.8. The SMILES string of the molecule is Cc1cc(Nc2ccnc(CO)c2)ccc1NCCc1c[nH]c2c(C(C)O)cccc12. The van der Waals surface area contributed by atoms with Crippen molar-refractivity contribution in [3.05, 3.63) is 83.3 Å². The monoisotopic (exact) mass is 416 g/mol. The molecule has 5 N–H and O–H groups in total. The van der Waals surface area contributed by atoms with Crippen molar-refractivity contribution in [3.8, 4) is 0 Å². The van der Waals surface area contributed by atoms with Crippen LogP contribution in [0.25, 0.3) is 10.9 Å². The lowest BCUT2D eigenvalue weighted by molar-refractivity contribution is 0.200. The summed E-state index contributed by atoms with van der Waals surface area (Å²) >= 11 is 0. The van der Waals surface area contributed by atoms with Gasteiger partial charge in [-0.15, -0.1) is 0 Å². The number of H-pyrrole nitrogens is 1. The largest absolute Gasteiger partial charge is 0.390 e. The molecule has 6 heteroatoms. The van der Waals surface area contributed by atoms with Crippen LogP contribution in [0.5, 0.6) is 0 Å². The van der Waals surface area contributed by atoms with Gasteiger partial charge in [0.15, 0.2) is 0 Å². The average molecular weight is 417 g/mol. The van der Waals surface area contributed by atoms with E-state index in [2.05, 4.69) is 45.7 Å². The number of aliphatic hydroxyl groups is 2. The Morgan fingerprint density at radius 3 is 2.71 bits per heavy atom. The zero-order valence-corrected chi connectivity index (χ0v) is 17.8. The minimum Gasteiger partial charge on any atom is -0.390 e. The van der Waals surface area contributed by atoms with E-state index in [0.717, 1.165) is 52.1 Å². The van der Waals surface area contributed by atoms with Gasteiger partial charge < -0.3 is 25.8 Å². The van der Waals surface area contributed by atoms with Gasteiger partial charge in [0.2, 0.25) is 0 Å². The number of hydrogen-bond donors (Lipinski definition) is 5. The van der Waals surface area contributed by atoms with Gasteiger partial charge in [0.05, 0.1) is 23.9 Å². The normalized spacial score (nSPS) is 12.1. The number of hydrogen-bond acceptors (Lipinski definition) is 5. The molecule has 2 heterocycles. The highest BCUT2D eigenvalue weighted by atomic mass is 16.3. The maximum absolute atomic E-state index is 9.98. The number of benzene rings is 2. The number of aromatic amines is 1. The van der Waals surface area contributed by atoms with Crippen LogP contribution >= 0.6 is 0 Å². The third-order valence-electron chi connectivity index (χ3n) is 5.49. The van der Waals surface area contributed by atoms with Crippen molar-refractivity contribution in [1.29, 1.82) is 0 Å². The van der Waals surface area contributed by atoms with Gasteiger partial charge in [-0.3, -0.25) is 4.98 Å². The minimum absolute atomic E-state index is 0.0752. The zero-order valence-electron chi connectivity index (χ0n) is 17.8. The molecule has 6 nitrogen and oxygen atoms in total. The highest BCUT2D eigenvalue weighted by Gasteiger charge is 2.10. The summed E-state index contributed by atoms with van der Waals surface area (Å²) in [6.45, 7) is 4.61. The Balaban J connectivity index is 1.40. The van der Waals surface area contributed by atoms with E-state index in [9.17, 15) is 10.2 Å². The second kappa shape index (κ2) is 9.20. The van der Waals surface area contributed by atoms with Crippen molar-refractivity contribution in [3.63, 3.8) is 0 Å². The molecular formula is C25H28N4O2. The number of anilines is 3. The van der Waals surface area contributed by atoms with E-state index in [1.54, 1.807) is 13.1 Å². The quantitative estimate of drug-likeness (QED) is 0.284. The number of nitrogens with one attached hydrogen (secondary N) is 3. The summed E-state index contributed by atoms with van der Waals surface area (Å²) in [6.07, 6.45) is 4.10. The molecule has 2 aromatic carbocycles. The summed E-state index contributed by atoms with van der Waals surface area (Å²) in [5.74, 6) is 0. The minimum atomic E-state index is -0.495. The summed E-state index contributed by atoms with van der Waals surface area (Å²) in [6, 6.07) is 16.0. The van der Waals surface area contributed by atoms with Crippen LogP contribution in [-0.4, -0.2) is 26.7 Å². The van der Waals surface area contributed by atoms with Gasteiger partial charge in [-0.1, -0.05) is 18.2 Å². The van der Waals surface area contributed by atoms with Crippen LogP contribution in [0.15, 0.2) is 60.9 Å². The summed E-state index contributed by atoms with van der Waals surface area (Å²) in [7, 11) is 0. The van der Waals surface area contributed by atoms with E-state index in [4.69, 9.17) is 0 Å². The third-order valence-corrected chi connectivity index (χ3v) is 5.49. The fraction of sp³-hybridized carbons (Fsp3) is 0.240. The van der Waals surface area contributed by atoms with Crippen molar-refractivity contribution >= 4 is 28.0 Å². The molecular weight excluding hydrogens is 388 g/mol. The molecule has 0 bridgehead atoms. The maximum atomic E-state index is 9.98. The van der Waals surface area contributed by atoms with Crippen LogP contribution in [-0.2, 0) is 13.0 Å². The molecule has 0 saturated heterocycles. The Labute approximate surface area is 182 Å². The molecule has 1 atom stereocenters. The molecule has 0 radical (unpaired) electrons. The topological polar surface area (TPSA) is 93.2 Å². The number of para-hydroxylation sites is 1. The third kappa shape index (κ3) is 4.71.